The molecule has 0 aliphatic rings. The predicted octanol–water partition coefficient (Wildman–Crippen LogP) is 5.26. The topological polar surface area (TPSA) is 20.3 Å². The van der Waals surface area contributed by atoms with Crippen LogP contribution in [0.1, 0.15) is 22.3 Å². The van der Waals surface area contributed by atoms with Crippen molar-refractivity contribution in [3.05, 3.63) is 101 Å². The summed E-state index contributed by atoms with van der Waals surface area (Å²) in [5, 5.41) is 0. The van der Waals surface area contributed by atoms with Crippen LogP contribution >= 0.6 is 0 Å². The number of carbonyl (C=O) groups excluding carboxylic acids is 1. The van der Waals surface area contributed by atoms with Crippen LogP contribution in [0.2, 0.25) is 0 Å². The molecule has 0 heterocycles. The maximum Gasteiger partial charge on any atom is 0.231 e. The number of aryl methyl sites for hydroxylation is 2. The first-order valence-electron chi connectivity index (χ1n) is 9.19. The summed E-state index contributed by atoms with van der Waals surface area (Å²) in [7, 11) is 0. The Morgan fingerprint density at radius 2 is 1.59 bits per heavy atom. The number of hydrogen-bond donors (Lipinski definition) is 0. The van der Waals surface area contributed by atoms with Crippen molar-refractivity contribution in [2.24, 2.45) is 0 Å². The van der Waals surface area contributed by atoms with E-state index in [1.165, 1.54) is 17.7 Å². The highest BCUT2D eigenvalue weighted by atomic mass is 19.1. The van der Waals surface area contributed by atoms with Gasteiger partial charge in [0.15, 0.2) is 0 Å². The highest BCUT2D eigenvalue weighted by Gasteiger charge is 2.17. The van der Waals surface area contributed by atoms with E-state index in [-0.39, 0.29) is 11.7 Å². The number of carbonyl (C=O) groups is 1. The molecule has 0 aromatic heterocycles. The lowest BCUT2D eigenvalue weighted by atomic mass is 10.1. The van der Waals surface area contributed by atoms with Gasteiger partial charge < -0.3 is 4.90 Å². The molecule has 1 amide bonds. The van der Waals surface area contributed by atoms with Crippen LogP contribution in [-0.2, 0) is 17.6 Å². The Balaban J connectivity index is 1.83. The summed E-state index contributed by atoms with van der Waals surface area (Å²) in [5.41, 5.74) is 5.10. The minimum absolute atomic E-state index is 0.0425. The first-order chi connectivity index (χ1) is 13.0. The molecule has 0 bridgehead atoms. The highest BCUT2D eigenvalue weighted by molar-refractivity contribution is 5.94. The van der Waals surface area contributed by atoms with Crippen LogP contribution in [0.25, 0.3) is 0 Å². The number of rotatable bonds is 6. The molecule has 0 fully saturated rings. The first-order valence-corrected chi connectivity index (χ1v) is 9.19. The van der Waals surface area contributed by atoms with Gasteiger partial charge in [0.2, 0.25) is 5.91 Å². The Bertz CT molecular complexity index is 921. The zero-order chi connectivity index (χ0) is 19.2. The second-order valence-corrected chi connectivity index (χ2v) is 6.86. The van der Waals surface area contributed by atoms with Crippen LogP contribution in [0.4, 0.5) is 10.1 Å². The Kier molecular flexibility index (Phi) is 6.02. The molecule has 0 radical (unpaired) electrons. The molecule has 0 spiro atoms. The van der Waals surface area contributed by atoms with E-state index in [0.717, 1.165) is 22.4 Å². The van der Waals surface area contributed by atoms with Crippen molar-refractivity contribution >= 4 is 11.6 Å². The van der Waals surface area contributed by atoms with Gasteiger partial charge in [-0.3, -0.25) is 4.79 Å². The Morgan fingerprint density at radius 1 is 0.852 bits per heavy atom. The summed E-state index contributed by atoms with van der Waals surface area (Å²) in [6.07, 6.45) is 0.947. The minimum atomic E-state index is -0.249. The van der Waals surface area contributed by atoms with E-state index in [4.69, 9.17) is 0 Å². The average Bonchev–Trinajstić information content (AvgIpc) is 2.65. The van der Waals surface area contributed by atoms with Crippen molar-refractivity contribution in [1.29, 1.82) is 0 Å². The van der Waals surface area contributed by atoms with Gasteiger partial charge in [0.25, 0.3) is 0 Å². The van der Waals surface area contributed by atoms with E-state index in [2.05, 4.69) is 6.92 Å². The van der Waals surface area contributed by atoms with Gasteiger partial charge in [0.1, 0.15) is 5.82 Å². The Labute approximate surface area is 160 Å². The van der Waals surface area contributed by atoms with Crippen LogP contribution in [0.5, 0.6) is 0 Å². The van der Waals surface area contributed by atoms with E-state index in [1.807, 2.05) is 66.4 Å². The van der Waals surface area contributed by atoms with Gasteiger partial charge in [-0.15, -0.1) is 0 Å². The van der Waals surface area contributed by atoms with Gasteiger partial charge in [-0.25, -0.2) is 4.39 Å². The third-order valence-electron chi connectivity index (χ3n) is 4.81. The van der Waals surface area contributed by atoms with Crippen molar-refractivity contribution in [2.75, 3.05) is 11.4 Å². The third-order valence-corrected chi connectivity index (χ3v) is 4.81. The van der Waals surface area contributed by atoms with Gasteiger partial charge in [-0.2, -0.15) is 0 Å². The zero-order valence-corrected chi connectivity index (χ0v) is 15.8. The molecule has 3 rings (SSSR count). The largest absolute Gasteiger partial charge is 0.312 e. The van der Waals surface area contributed by atoms with Gasteiger partial charge in [-0.05, 0) is 66.8 Å². The Morgan fingerprint density at radius 3 is 2.30 bits per heavy atom. The van der Waals surface area contributed by atoms with E-state index in [9.17, 15) is 9.18 Å². The molecule has 3 heteroatoms. The number of hydrogen-bond acceptors (Lipinski definition) is 1. The molecule has 0 aliphatic heterocycles. The molecule has 0 atom stereocenters. The monoisotopic (exact) mass is 361 g/mol. The highest BCUT2D eigenvalue weighted by Crippen LogP contribution is 2.21. The molecule has 138 valence electrons. The number of amides is 1. The van der Waals surface area contributed by atoms with E-state index in [0.29, 0.717) is 19.4 Å². The molecule has 27 heavy (non-hydrogen) atoms. The molecule has 0 saturated carbocycles. The lowest BCUT2D eigenvalue weighted by Crippen LogP contribution is -2.34. The minimum Gasteiger partial charge on any atom is -0.312 e. The molecule has 0 saturated heterocycles. The molecular formula is C24H24FNO. The zero-order valence-electron chi connectivity index (χ0n) is 15.8. The van der Waals surface area contributed by atoms with Gasteiger partial charge in [-0.1, -0.05) is 48.5 Å². The van der Waals surface area contributed by atoms with E-state index in [1.54, 1.807) is 6.07 Å². The fourth-order valence-corrected chi connectivity index (χ4v) is 3.09. The lowest BCUT2D eigenvalue weighted by Gasteiger charge is -2.24. The van der Waals surface area contributed by atoms with Crippen LogP contribution < -0.4 is 4.90 Å². The quantitative estimate of drug-likeness (QED) is 0.586. The van der Waals surface area contributed by atoms with Crippen LogP contribution in [0.15, 0.2) is 72.8 Å². The number of benzene rings is 3. The molecule has 0 N–H and O–H groups in total. The summed E-state index contributed by atoms with van der Waals surface area (Å²) in [6.45, 7) is 4.62. The fourth-order valence-electron chi connectivity index (χ4n) is 3.09. The predicted molar refractivity (Wildman–Crippen MR) is 109 cm³/mol. The number of anilines is 1. The molecular weight excluding hydrogens is 337 g/mol. The SMILES string of the molecule is Cc1ccc(N(CCc2cccc(F)c2)C(=O)Cc2ccccc2)cc1C. The summed E-state index contributed by atoms with van der Waals surface area (Å²) in [4.78, 5) is 14.9. The van der Waals surface area contributed by atoms with Crippen LogP contribution in [0, 0.1) is 19.7 Å². The summed E-state index contributed by atoms with van der Waals surface area (Å²) in [6, 6.07) is 22.4. The lowest BCUT2D eigenvalue weighted by molar-refractivity contribution is -0.118. The van der Waals surface area contributed by atoms with Crippen molar-refractivity contribution in [1.82, 2.24) is 0 Å². The number of halogens is 1. The molecule has 2 nitrogen and oxygen atoms in total. The molecule has 0 unspecified atom stereocenters. The maximum absolute atomic E-state index is 13.5. The van der Waals surface area contributed by atoms with Gasteiger partial charge in [0, 0.05) is 12.2 Å². The summed E-state index contributed by atoms with van der Waals surface area (Å²) in [5.74, 6) is -0.207. The second kappa shape index (κ2) is 8.63. The van der Waals surface area contributed by atoms with Crippen molar-refractivity contribution in [3.63, 3.8) is 0 Å². The van der Waals surface area contributed by atoms with Crippen molar-refractivity contribution in [3.8, 4) is 0 Å². The van der Waals surface area contributed by atoms with Crippen LogP contribution in [-0.4, -0.2) is 12.5 Å². The van der Waals surface area contributed by atoms with Crippen LogP contribution in [0.3, 0.4) is 0 Å². The van der Waals surface area contributed by atoms with Gasteiger partial charge in [0.05, 0.1) is 6.42 Å². The van der Waals surface area contributed by atoms with E-state index < -0.39 is 0 Å². The standard InChI is InChI=1S/C24H24FNO/c1-18-11-12-23(15-19(18)2)26(14-13-21-9-6-10-22(25)16-21)24(27)17-20-7-4-3-5-8-20/h3-12,15-16H,13-14,17H2,1-2H3. The molecule has 3 aromatic rings. The first kappa shape index (κ1) is 18.8. The summed E-state index contributed by atoms with van der Waals surface area (Å²) >= 11 is 0. The fraction of sp³-hybridized carbons (Fsp3) is 0.208. The molecule has 3 aromatic carbocycles. The normalized spacial score (nSPS) is 10.6. The smallest absolute Gasteiger partial charge is 0.231 e. The number of nitrogens with zero attached hydrogens (tertiary/aromatic N) is 1. The van der Waals surface area contributed by atoms with E-state index >= 15 is 0 Å². The van der Waals surface area contributed by atoms with Crippen molar-refractivity contribution in [2.45, 2.75) is 26.7 Å². The average molecular weight is 361 g/mol. The van der Waals surface area contributed by atoms with Gasteiger partial charge >= 0.3 is 0 Å². The second-order valence-electron chi connectivity index (χ2n) is 6.86. The maximum atomic E-state index is 13.5. The van der Waals surface area contributed by atoms with Crippen molar-refractivity contribution < 1.29 is 9.18 Å². The molecule has 0 aliphatic carbocycles. The third kappa shape index (κ3) is 5.04. The Hall–Kier alpha value is -2.94. The summed E-state index contributed by atoms with van der Waals surface area (Å²) < 4.78 is 13.5.